The minimum Gasteiger partial charge on any atom is -0.311 e. The van der Waals surface area contributed by atoms with E-state index < -0.39 is 0 Å². The third kappa shape index (κ3) is 4.00. The number of benzene rings is 1. The van der Waals surface area contributed by atoms with E-state index in [4.69, 9.17) is 0 Å². The van der Waals surface area contributed by atoms with Crippen LogP contribution in [-0.2, 0) is 6.54 Å². The standard InChI is InChI=1S/C17H27NS/c1-4-17(5-2,19-3)13-18-12-14-6-8-15(9-7-14)16-10-11-16/h6-9,16,18H,4-5,10-13H2,1-3H3. The van der Waals surface area contributed by atoms with Crippen LogP contribution in [0.5, 0.6) is 0 Å². The summed E-state index contributed by atoms with van der Waals surface area (Å²) < 4.78 is 0.411. The molecule has 0 heterocycles. The maximum Gasteiger partial charge on any atom is 0.0276 e. The summed E-state index contributed by atoms with van der Waals surface area (Å²) in [6.07, 6.45) is 7.48. The molecule has 0 amide bonds. The van der Waals surface area contributed by atoms with Crippen LogP contribution in [0.15, 0.2) is 24.3 Å². The molecule has 0 aliphatic heterocycles. The monoisotopic (exact) mass is 277 g/mol. The zero-order valence-electron chi connectivity index (χ0n) is 12.5. The topological polar surface area (TPSA) is 12.0 Å². The van der Waals surface area contributed by atoms with Gasteiger partial charge in [-0.05, 0) is 49.0 Å². The second kappa shape index (κ2) is 6.81. The van der Waals surface area contributed by atoms with Gasteiger partial charge in [-0.3, -0.25) is 0 Å². The van der Waals surface area contributed by atoms with E-state index in [2.05, 4.69) is 49.7 Å². The summed E-state index contributed by atoms with van der Waals surface area (Å²) in [4.78, 5) is 0. The zero-order chi connectivity index (χ0) is 13.7. The van der Waals surface area contributed by atoms with Gasteiger partial charge in [0.1, 0.15) is 0 Å². The van der Waals surface area contributed by atoms with Crippen molar-refractivity contribution in [3.63, 3.8) is 0 Å². The maximum absolute atomic E-state index is 3.64. The van der Waals surface area contributed by atoms with Gasteiger partial charge in [0.05, 0.1) is 0 Å². The Labute approximate surface area is 122 Å². The molecule has 2 rings (SSSR count). The lowest BCUT2D eigenvalue weighted by molar-refractivity contribution is 0.495. The highest BCUT2D eigenvalue weighted by Crippen LogP contribution is 2.39. The Balaban J connectivity index is 1.81. The number of thioether (sulfide) groups is 1. The van der Waals surface area contributed by atoms with E-state index in [0.717, 1.165) is 19.0 Å². The second-order valence-corrected chi connectivity index (χ2v) is 6.99. The average molecular weight is 277 g/mol. The molecule has 19 heavy (non-hydrogen) atoms. The van der Waals surface area contributed by atoms with Gasteiger partial charge in [-0.25, -0.2) is 0 Å². The Bertz CT molecular complexity index is 368. The molecule has 0 radical (unpaired) electrons. The number of nitrogens with one attached hydrogen (secondary N) is 1. The minimum atomic E-state index is 0.411. The molecule has 1 saturated carbocycles. The minimum absolute atomic E-state index is 0.411. The first kappa shape index (κ1) is 14.9. The number of hydrogen-bond acceptors (Lipinski definition) is 2. The van der Waals surface area contributed by atoms with Crippen LogP contribution in [0.2, 0.25) is 0 Å². The van der Waals surface area contributed by atoms with E-state index in [9.17, 15) is 0 Å². The van der Waals surface area contributed by atoms with E-state index in [0.29, 0.717) is 4.75 Å². The SMILES string of the molecule is CCC(CC)(CNCc1ccc(C2CC2)cc1)SC. The molecule has 1 nitrogen and oxygen atoms in total. The van der Waals surface area contributed by atoms with Crippen molar-refractivity contribution in [2.24, 2.45) is 0 Å². The summed E-state index contributed by atoms with van der Waals surface area (Å²) in [7, 11) is 0. The molecule has 2 heteroatoms. The highest BCUT2D eigenvalue weighted by atomic mass is 32.2. The molecule has 1 aliphatic carbocycles. The highest BCUT2D eigenvalue weighted by molar-refractivity contribution is 8.00. The van der Waals surface area contributed by atoms with E-state index >= 15 is 0 Å². The van der Waals surface area contributed by atoms with Crippen molar-refractivity contribution in [1.29, 1.82) is 0 Å². The maximum atomic E-state index is 3.64. The first-order valence-corrected chi connectivity index (χ1v) is 8.80. The number of hydrogen-bond donors (Lipinski definition) is 1. The fourth-order valence-electron chi connectivity index (χ4n) is 2.62. The molecule has 1 aliphatic rings. The van der Waals surface area contributed by atoms with Crippen LogP contribution in [0.1, 0.15) is 56.6 Å². The Hall–Kier alpha value is -0.470. The molecule has 1 N–H and O–H groups in total. The normalized spacial score (nSPS) is 15.7. The molecule has 0 spiro atoms. The average Bonchev–Trinajstić information content (AvgIpc) is 3.30. The van der Waals surface area contributed by atoms with Gasteiger partial charge in [0, 0.05) is 17.8 Å². The molecule has 0 aromatic heterocycles. The molecule has 1 fully saturated rings. The molecule has 1 aromatic rings. The quantitative estimate of drug-likeness (QED) is 0.746. The molecular formula is C17H27NS. The third-order valence-corrected chi connectivity index (χ3v) is 6.11. The molecule has 0 bridgehead atoms. The summed E-state index contributed by atoms with van der Waals surface area (Å²) >= 11 is 2.00. The lowest BCUT2D eigenvalue weighted by Gasteiger charge is -2.30. The summed E-state index contributed by atoms with van der Waals surface area (Å²) in [5.41, 5.74) is 2.94. The Morgan fingerprint density at radius 1 is 1.16 bits per heavy atom. The Kier molecular flexibility index (Phi) is 5.35. The second-order valence-electron chi connectivity index (χ2n) is 5.71. The van der Waals surface area contributed by atoms with Crippen molar-refractivity contribution in [1.82, 2.24) is 5.32 Å². The van der Waals surface area contributed by atoms with Crippen molar-refractivity contribution in [2.75, 3.05) is 12.8 Å². The fraction of sp³-hybridized carbons (Fsp3) is 0.647. The predicted molar refractivity (Wildman–Crippen MR) is 87.0 cm³/mol. The largest absolute Gasteiger partial charge is 0.311 e. The van der Waals surface area contributed by atoms with E-state index in [-0.39, 0.29) is 0 Å². The van der Waals surface area contributed by atoms with Crippen LogP contribution in [0.25, 0.3) is 0 Å². The van der Waals surface area contributed by atoms with Crippen molar-refractivity contribution in [3.05, 3.63) is 35.4 Å². The van der Waals surface area contributed by atoms with Gasteiger partial charge < -0.3 is 5.32 Å². The zero-order valence-corrected chi connectivity index (χ0v) is 13.4. The smallest absolute Gasteiger partial charge is 0.0276 e. The van der Waals surface area contributed by atoms with Crippen LogP contribution in [-0.4, -0.2) is 17.5 Å². The van der Waals surface area contributed by atoms with E-state index in [1.54, 1.807) is 0 Å². The van der Waals surface area contributed by atoms with Crippen LogP contribution < -0.4 is 5.32 Å². The van der Waals surface area contributed by atoms with E-state index in [1.165, 1.54) is 36.8 Å². The summed E-state index contributed by atoms with van der Waals surface area (Å²) in [5, 5.41) is 3.64. The van der Waals surface area contributed by atoms with Gasteiger partial charge in [0.15, 0.2) is 0 Å². The summed E-state index contributed by atoms with van der Waals surface area (Å²) in [6, 6.07) is 9.21. The highest BCUT2D eigenvalue weighted by Gasteiger charge is 2.24. The first-order valence-electron chi connectivity index (χ1n) is 7.57. The first-order chi connectivity index (χ1) is 9.23. The van der Waals surface area contributed by atoms with Gasteiger partial charge in [0.2, 0.25) is 0 Å². The van der Waals surface area contributed by atoms with Gasteiger partial charge in [-0.1, -0.05) is 38.1 Å². The fourth-order valence-corrected chi connectivity index (χ4v) is 3.44. The molecule has 106 valence electrons. The Morgan fingerprint density at radius 2 is 1.79 bits per heavy atom. The molecule has 0 atom stereocenters. The van der Waals surface area contributed by atoms with Gasteiger partial charge in [0.25, 0.3) is 0 Å². The van der Waals surface area contributed by atoms with Gasteiger partial charge >= 0.3 is 0 Å². The number of rotatable bonds is 8. The van der Waals surface area contributed by atoms with Crippen LogP contribution >= 0.6 is 11.8 Å². The van der Waals surface area contributed by atoms with Crippen molar-refractivity contribution < 1.29 is 0 Å². The molecule has 0 unspecified atom stereocenters. The Morgan fingerprint density at radius 3 is 2.26 bits per heavy atom. The summed E-state index contributed by atoms with van der Waals surface area (Å²) in [6.45, 7) is 6.69. The molecule has 0 saturated heterocycles. The van der Waals surface area contributed by atoms with Crippen molar-refractivity contribution in [3.8, 4) is 0 Å². The lowest BCUT2D eigenvalue weighted by Crippen LogP contribution is -2.36. The summed E-state index contributed by atoms with van der Waals surface area (Å²) in [5.74, 6) is 0.867. The predicted octanol–water partition coefficient (Wildman–Crippen LogP) is 4.58. The van der Waals surface area contributed by atoms with Crippen molar-refractivity contribution in [2.45, 2.75) is 56.7 Å². The van der Waals surface area contributed by atoms with E-state index in [1.807, 2.05) is 11.8 Å². The van der Waals surface area contributed by atoms with Crippen LogP contribution in [0, 0.1) is 0 Å². The third-order valence-electron chi connectivity index (χ3n) is 4.53. The lowest BCUT2D eigenvalue weighted by atomic mass is 10.0. The molecular weight excluding hydrogens is 250 g/mol. The van der Waals surface area contributed by atoms with Crippen LogP contribution in [0.4, 0.5) is 0 Å². The van der Waals surface area contributed by atoms with Gasteiger partial charge in [-0.15, -0.1) is 0 Å². The van der Waals surface area contributed by atoms with Gasteiger partial charge in [-0.2, -0.15) is 11.8 Å². The molecule has 1 aromatic carbocycles. The van der Waals surface area contributed by atoms with Crippen LogP contribution in [0.3, 0.4) is 0 Å². The van der Waals surface area contributed by atoms with Crippen molar-refractivity contribution >= 4 is 11.8 Å².